The Morgan fingerprint density at radius 2 is 1.90 bits per heavy atom. The van der Waals surface area contributed by atoms with E-state index in [0.29, 0.717) is 24.5 Å². The summed E-state index contributed by atoms with van der Waals surface area (Å²) in [5.74, 6) is -0.698. The summed E-state index contributed by atoms with van der Waals surface area (Å²) in [6.07, 6.45) is -0.712. The molecule has 1 aliphatic rings. The average molecular weight is 586 g/mol. The number of halogens is 3. The summed E-state index contributed by atoms with van der Waals surface area (Å²) in [4.78, 5) is 45.1. The normalized spacial score (nSPS) is 17.4. The van der Waals surface area contributed by atoms with Crippen LogP contribution in [0.25, 0.3) is 11.4 Å². The Morgan fingerprint density at radius 1 is 1.12 bits per heavy atom. The first-order valence-electron chi connectivity index (χ1n) is 13.8. The molecule has 2 N–H and O–H groups in total. The van der Waals surface area contributed by atoms with Gasteiger partial charge in [-0.1, -0.05) is 38.1 Å². The summed E-state index contributed by atoms with van der Waals surface area (Å²) in [5.41, 5.74) is -0.839. The Morgan fingerprint density at radius 3 is 2.67 bits per heavy atom. The lowest BCUT2D eigenvalue weighted by atomic mass is 10.0. The van der Waals surface area contributed by atoms with E-state index in [0.717, 1.165) is 22.6 Å². The SMILES string of the molecule is CC(C)C[C@H]1NC(=O)CN(C(=O)c2ccccc2C(F)(F)F)CCCOc2cccc(c2)-c2nccn2CCNC1=O. The van der Waals surface area contributed by atoms with Crippen LogP contribution >= 0.6 is 0 Å². The number of amides is 3. The number of ether oxygens (including phenoxy) is 1. The minimum absolute atomic E-state index is 0.0520. The fourth-order valence-corrected chi connectivity index (χ4v) is 4.80. The molecule has 42 heavy (non-hydrogen) atoms. The maximum Gasteiger partial charge on any atom is 0.417 e. The summed E-state index contributed by atoms with van der Waals surface area (Å²) >= 11 is 0. The minimum Gasteiger partial charge on any atom is -0.494 e. The van der Waals surface area contributed by atoms with Crippen molar-refractivity contribution in [3.05, 3.63) is 72.1 Å². The van der Waals surface area contributed by atoms with E-state index in [1.54, 1.807) is 12.3 Å². The first-order chi connectivity index (χ1) is 20.0. The second-order valence-corrected chi connectivity index (χ2v) is 10.5. The van der Waals surface area contributed by atoms with Gasteiger partial charge in [0.15, 0.2) is 0 Å². The van der Waals surface area contributed by atoms with E-state index in [2.05, 4.69) is 15.6 Å². The molecule has 12 heteroatoms. The van der Waals surface area contributed by atoms with Crippen molar-refractivity contribution in [2.45, 2.75) is 45.5 Å². The molecule has 0 fully saturated rings. The number of hydrogen-bond donors (Lipinski definition) is 2. The number of aromatic nitrogens is 2. The van der Waals surface area contributed by atoms with Crippen LogP contribution in [-0.2, 0) is 22.3 Å². The van der Waals surface area contributed by atoms with Gasteiger partial charge < -0.3 is 24.8 Å². The van der Waals surface area contributed by atoms with Gasteiger partial charge in [-0.3, -0.25) is 14.4 Å². The zero-order valence-corrected chi connectivity index (χ0v) is 23.5. The highest BCUT2D eigenvalue weighted by Gasteiger charge is 2.36. The smallest absolute Gasteiger partial charge is 0.417 e. The maximum atomic E-state index is 13.7. The van der Waals surface area contributed by atoms with Gasteiger partial charge in [0.2, 0.25) is 11.8 Å². The molecule has 0 spiro atoms. The first kappa shape index (κ1) is 30.6. The minimum atomic E-state index is -4.76. The number of benzene rings is 2. The number of carbonyl (C=O) groups is 3. The molecular weight excluding hydrogens is 551 g/mol. The average Bonchev–Trinajstić information content (AvgIpc) is 3.41. The molecule has 3 amide bonds. The Labute approximate surface area is 242 Å². The van der Waals surface area contributed by atoms with Gasteiger partial charge in [0, 0.05) is 37.6 Å². The lowest BCUT2D eigenvalue weighted by molar-refractivity contribution is -0.138. The van der Waals surface area contributed by atoms with Crippen molar-refractivity contribution in [2.75, 3.05) is 26.2 Å². The molecule has 224 valence electrons. The molecule has 4 rings (SSSR count). The van der Waals surface area contributed by atoms with Gasteiger partial charge in [-0.25, -0.2) is 4.98 Å². The van der Waals surface area contributed by atoms with Gasteiger partial charge in [-0.2, -0.15) is 13.2 Å². The van der Waals surface area contributed by atoms with Crippen LogP contribution in [-0.4, -0.2) is 64.5 Å². The molecule has 0 aliphatic carbocycles. The van der Waals surface area contributed by atoms with E-state index in [-0.39, 0.29) is 32.0 Å². The topological polar surface area (TPSA) is 106 Å². The number of nitrogens with zero attached hydrogens (tertiary/aromatic N) is 3. The fourth-order valence-electron chi connectivity index (χ4n) is 4.80. The number of alkyl halides is 3. The molecule has 1 atom stereocenters. The molecule has 9 nitrogen and oxygen atoms in total. The molecule has 3 aromatic rings. The number of rotatable bonds is 3. The number of nitrogens with one attached hydrogen (secondary N) is 2. The van der Waals surface area contributed by atoms with Gasteiger partial charge in [-0.05, 0) is 43.0 Å². The summed E-state index contributed by atoms with van der Waals surface area (Å²) in [6, 6.07) is 10.9. The lowest BCUT2D eigenvalue weighted by Gasteiger charge is -2.26. The van der Waals surface area contributed by atoms with Crippen LogP contribution in [0, 0.1) is 5.92 Å². The molecule has 1 aromatic heterocycles. The molecule has 0 saturated carbocycles. The third-order valence-electron chi connectivity index (χ3n) is 6.74. The predicted octanol–water partition coefficient (Wildman–Crippen LogP) is 4.14. The van der Waals surface area contributed by atoms with Crippen LogP contribution in [0.3, 0.4) is 0 Å². The quantitative estimate of drug-likeness (QED) is 0.481. The molecule has 1 aliphatic heterocycles. The summed E-state index contributed by atoms with van der Waals surface area (Å²) in [7, 11) is 0. The van der Waals surface area contributed by atoms with Crippen molar-refractivity contribution in [1.29, 1.82) is 0 Å². The van der Waals surface area contributed by atoms with Crippen molar-refractivity contribution < 1.29 is 32.3 Å². The van der Waals surface area contributed by atoms with Crippen molar-refractivity contribution in [1.82, 2.24) is 25.1 Å². The Bertz CT molecular complexity index is 1410. The first-order valence-corrected chi connectivity index (χ1v) is 13.8. The number of hydrogen-bond acceptors (Lipinski definition) is 5. The highest BCUT2D eigenvalue weighted by atomic mass is 19.4. The monoisotopic (exact) mass is 585 g/mol. The van der Waals surface area contributed by atoms with Crippen LogP contribution < -0.4 is 15.4 Å². The second kappa shape index (κ2) is 13.5. The number of fused-ring (bicyclic) bond motifs is 4. The van der Waals surface area contributed by atoms with Crippen molar-refractivity contribution in [2.24, 2.45) is 5.92 Å². The van der Waals surface area contributed by atoms with E-state index < -0.39 is 47.6 Å². The lowest BCUT2D eigenvalue weighted by Crippen LogP contribution is -2.51. The van der Waals surface area contributed by atoms with Crippen LogP contribution in [0.15, 0.2) is 60.9 Å². The van der Waals surface area contributed by atoms with E-state index in [4.69, 9.17) is 4.74 Å². The van der Waals surface area contributed by atoms with Gasteiger partial charge in [0.05, 0.1) is 24.3 Å². The third-order valence-corrected chi connectivity index (χ3v) is 6.74. The van der Waals surface area contributed by atoms with Gasteiger partial charge in [-0.15, -0.1) is 0 Å². The zero-order chi connectivity index (χ0) is 30.3. The number of imidazole rings is 1. The molecular formula is C30H34F3N5O4. The van der Waals surface area contributed by atoms with E-state index >= 15 is 0 Å². The zero-order valence-electron chi connectivity index (χ0n) is 23.5. The van der Waals surface area contributed by atoms with Gasteiger partial charge >= 0.3 is 6.18 Å². The van der Waals surface area contributed by atoms with Crippen molar-refractivity contribution >= 4 is 17.7 Å². The highest BCUT2D eigenvalue weighted by molar-refractivity contribution is 5.98. The van der Waals surface area contributed by atoms with Gasteiger partial charge in [0.25, 0.3) is 5.91 Å². The number of carbonyl (C=O) groups excluding carboxylic acids is 3. The van der Waals surface area contributed by atoms with Crippen molar-refractivity contribution in [3.63, 3.8) is 0 Å². The largest absolute Gasteiger partial charge is 0.494 e. The molecule has 2 bridgehead atoms. The van der Waals surface area contributed by atoms with Crippen LogP contribution in [0.5, 0.6) is 5.75 Å². The fraction of sp³-hybridized carbons (Fsp3) is 0.400. The summed E-state index contributed by atoms with van der Waals surface area (Å²) in [5, 5.41) is 5.54. The summed E-state index contributed by atoms with van der Waals surface area (Å²) in [6.45, 7) is 4.06. The predicted molar refractivity (Wildman–Crippen MR) is 150 cm³/mol. The van der Waals surface area contributed by atoms with Crippen LogP contribution in [0.4, 0.5) is 13.2 Å². The Kier molecular flexibility index (Phi) is 9.87. The van der Waals surface area contributed by atoms with Crippen molar-refractivity contribution in [3.8, 4) is 17.1 Å². The molecule has 2 aromatic carbocycles. The Hall–Kier alpha value is -4.35. The van der Waals surface area contributed by atoms with E-state index in [1.807, 2.05) is 42.8 Å². The molecule has 0 saturated heterocycles. The molecule has 0 radical (unpaired) electrons. The molecule has 0 unspecified atom stereocenters. The highest BCUT2D eigenvalue weighted by Crippen LogP contribution is 2.32. The maximum absolute atomic E-state index is 13.7. The third kappa shape index (κ3) is 7.89. The van der Waals surface area contributed by atoms with Crippen LogP contribution in [0.1, 0.15) is 42.6 Å². The summed E-state index contributed by atoms with van der Waals surface area (Å²) < 4.78 is 48.9. The van der Waals surface area contributed by atoms with E-state index in [1.165, 1.54) is 12.1 Å². The standard InChI is InChI=1S/C30H34F3N5O4/c1-20(2)17-25-28(40)35-12-15-37-14-11-34-27(37)21-7-5-8-22(18-21)42-16-6-13-38(19-26(39)36-25)29(41)23-9-3-4-10-24(23)30(31,32)33/h3-5,7-11,14,18,20,25H,6,12-13,15-17,19H2,1-2H3,(H,35,40)(H,36,39)/t25-/m1/s1. The van der Waals surface area contributed by atoms with E-state index in [9.17, 15) is 27.6 Å². The second-order valence-electron chi connectivity index (χ2n) is 10.5. The van der Waals surface area contributed by atoms with Crippen LogP contribution in [0.2, 0.25) is 0 Å². The Balaban J connectivity index is 1.63. The molecule has 2 heterocycles. The van der Waals surface area contributed by atoms with Gasteiger partial charge in [0.1, 0.15) is 17.6 Å².